The van der Waals surface area contributed by atoms with E-state index in [0.29, 0.717) is 12.1 Å². The molecule has 3 rings (SSSR count). The van der Waals surface area contributed by atoms with Crippen molar-refractivity contribution in [2.45, 2.75) is 25.7 Å². The minimum atomic E-state index is -4.39. The minimum absolute atomic E-state index is 0.115. The van der Waals surface area contributed by atoms with Gasteiger partial charge in [-0.3, -0.25) is 9.55 Å². The zero-order valence-corrected chi connectivity index (χ0v) is 18.2. The van der Waals surface area contributed by atoms with Gasteiger partial charge in [0.2, 0.25) is 0 Å². The topological polar surface area (TPSA) is 78.8 Å². The summed E-state index contributed by atoms with van der Waals surface area (Å²) in [4.78, 5) is 4.37. The van der Waals surface area contributed by atoms with Crippen molar-refractivity contribution in [2.24, 2.45) is 4.99 Å². The molecular weight excluding hydrogens is 396 g/mol. The van der Waals surface area contributed by atoms with Gasteiger partial charge in [-0.25, -0.2) is 0 Å². The number of anilines is 1. The largest absolute Gasteiger partial charge is 0.385 e. The van der Waals surface area contributed by atoms with Gasteiger partial charge in [-0.15, -0.1) is 0 Å². The molecule has 156 valence electrons. The van der Waals surface area contributed by atoms with Gasteiger partial charge in [0.05, 0.1) is 5.71 Å². The van der Waals surface area contributed by atoms with Crippen molar-refractivity contribution in [3.8, 4) is 0 Å². The molecule has 0 spiro atoms. The smallest absolute Gasteiger partial charge is 0.295 e. The standard InChI is InChI=1S/C24H26N2O3S/c1-4-25-20-13-10-18(11-14-20)24(19-12-15-22(26-5-2)17(3)16-19)21-8-6-7-9-23(21)30(27,28)29/h6-16,25H,4-5H2,1-3H3,(H,27,28,29). The normalized spacial score (nSPS) is 17.1. The van der Waals surface area contributed by atoms with Crippen LogP contribution in [0.2, 0.25) is 0 Å². The molecule has 0 saturated heterocycles. The average Bonchev–Trinajstić information content (AvgIpc) is 2.71. The van der Waals surface area contributed by atoms with E-state index in [2.05, 4.69) is 10.3 Å². The first-order valence-corrected chi connectivity index (χ1v) is 11.4. The Hall–Kier alpha value is -2.96. The number of hydrogen-bond acceptors (Lipinski definition) is 4. The fourth-order valence-electron chi connectivity index (χ4n) is 3.49. The lowest BCUT2D eigenvalue weighted by Gasteiger charge is -2.18. The SMILES string of the molecule is CCN=C1C=CC(=C(c2ccc(NCC)cc2)c2ccccc2S(=O)(=O)O)C=C1C. The van der Waals surface area contributed by atoms with E-state index in [1.807, 2.05) is 63.3 Å². The van der Waals surface area contributed by atoms with Gasteiger partial charge in [0.1, 0.15) is 4.90 Å². The number of hydrogen-bond donors (Lipinski definition) is 2. The van der Waals surface area contributed by atoms with Crippen molar-refractivity contribution in [3.63, 3.8) is 0 Å². The molecule has 0 saturated carbocycles. The number of aliphatic imine (C=N–C) groups is 1. The Kier molecular flexibility index (Phi) is 6.70. The summed E-state index contributed by atoms with van der Waals surface area (Å²) in [5, 5.41) is 3.26. The fraction of sp³-hybridized carbons (Fsp3) is 0.208. The summed E-state index contributed by atoms with van der Waals surface area (Å²) in [7, 11) is -4.39. The van der Waals surface area contributed by atoms with E-state index in [4.69, 9.17) is 0 Å². The van der Waals surface area contributed by atoms with Crippen LogP contribution >= 0.6 is 0 Å². The lowest BCUT2D eigenvalue weighted by Crippen LogP contribution is -2.07. The van der Waals surface area contributed by atoms with Crippen LogP contribution in [0.5, 0.6) is 0 Å². The van der Waals surface area contributed by atoms with Crippen LogP contribution in [0.15, 0.2) is 87.8 Å². The number of allylic oxidation sites excluding steroid dienone is 5. The Bertz CT molecular complexity index is 1160. The maximum absolute atomic E-state index is 12.1. The van der Waals surface area contributed by atoms with Crippen LogP contribution in [0.1, 0.15) is 31.9 Å². The third kappa shape index (κ3) is 4.78. The molecule has 0 atom stereocenters. The van der Waals surface area contributed by atoms with Crippen LogP contribution < -0.4 is 5.32 Å². The van der Waals surface area contributed by atoms with Crippen LogP contribution in [0, 0.1) is 0 Å². The second-order valence-corrected chi connectivity index (χ2v) is 8.32. The van der Waals surface area contributed by atoms with E-state index >= 15 is 0 Å². The zero-order valence-electron chi connectivity index (χ0n) is 17.4. The molecule has 0 heterocycles. The highest BCUT2D eigenvalue weighted by atomic mass is 32.2. The van der Waals surface area contributed by atoms with Crippen LogP contribution in [0.4, 0.5) is 5.69 Å². The minimum Gasteiger partial charge on any atom is -0.385 e. The Balaban J connectivity index is 2.27. The van der Waals surface area contributed by atoms with Crippen LogP contribution in [-0.2, 0) is 10.1 Å². The van der Waals surface area contributed by atoms with Crippen molar-refractivity contribution in [3.05, 3.63) is 89.0 Å². The number of nitrogens with one attached hydrogen (secondary N) is 1. The summed E-state index contributed by atoms with van der Waals surface area (Å²) in [6.07, 6.45) is 5.88. The molecule has 2 aromatic carbocycles. The van der Waals surface area contributed by atoms with Crippen molar-refractivity contribution < 1.29 is 13.0 Å². The van der Waals surface area contributed by atoms with Crippen molar-refractivity contribution in [1.29, 1.82) is 0 Å². The first kappa shape index (κ1) is 21.7. The molecule has 2 N–H and O–H groups in total. The maximum atomic E-state index is 12.1. The number of rotatable bonds is 6. The second-order valence-electron chi connectivity index (χ2n) is 6.93. The second kappa shape index (κ2) is 9.24. The van der Waals surface area contributed by atoms with Gasteiger partial charge in [-0.2, -0.15) is 8.42 Å². The predicted molar refractivity (Wildman–Crippen MR) is 124 cm³/mol. The monoisotopic (exact) mass is 422 g/mol. The molecule has 5 nitrogen and oxygen atoms in total. The van der Waals surface area contributed by atoms with Crippen molar-refractivity contribution in [1.82, 2.24) is 0 Å². The third-order valence-electron chi connectivity index (χ3n) is 4.80. The quantitative estimate of drug-likeness (QED) is 0.632. The first-order valence-electron chi connectivity index (χ1n) is 9.91. The molecule has 0 unspecified atom stereocenters. The van der Waals surface area contributed by atoms with E-state index in [-0.39, 0.29) is 4.90 Å². The van der Waals surface area contributed by atoms with E-state index in [1.165, 1.54) is 6.07 Å². The highest BCUT2D eigenvalue weighted by Crippen LogP contribution is 2.34. The van der Waals surface area contributed by atoms with E-state index in [0.717, 1.165) is 40.2 Å². The zero-order chi connectivity index (χ0) is 21.7. The van der Waals surface area contributed by atoms with Gasteiger partial charge >= 0.3 is 0 Å². The lowest BCUT2D eigenvalue weighted by molar-refractivity contribution is 0.483. The van der Waals surface area contributed by atoms with Gasteiger partial charge in [-0.1, -0.05) is 36.4 Å². The molecule has 0 bridgehead atoms. The maximum Gasteiger partial charge on any atom is 0.295 e. The summed E-state index contributed by atoms with van der Waals surface area (Å²) in [5.74, 6) is 0. The fourth-order valence-corrected chi connectivity index (χ4v) is 4.19. The molecule has 1 aliphatic rings. The summed E-state index contributed by atoms with van der Waals surface area (Å²) < 4.78 is 34.0. The molecule has 0 amide bonds. The van der Waals surface area contributed by atoms with E-state index < -0.39 is 10.1 Å². The average molecular weight is 423 g/mol. The molecule has 0 radical (unpaired) electrons. The van der Waals surface area contributed by atoms with Crippen molar-refractivity contribution in [2.75, 3.05) is 18.4 Å². The summed E-state index contributed by atoms with van der Waals surface area (Å²) in [6, 6.07) is 14.3. The van der Waals surface area contributed by atoms with Crippen LogP contribution in [-0.4, -0.2) is 31.8 Å². The van der Waals surface area contributed by atoms with Gasteiger partial charge in [0.15, 0.2) is 0 Å². The first-order chi connectivity index (χ1) is 14.3. The molecule has 6 heteroatoms. The summed E-state index contributed by atoms with van der Waals surface area (Å²) in [6.45, 7) is 7.49. The predicted octanol–water partition coefficient (Wildman–Crippen LogP) is 5.14. The lowest BCUT2D eigenvalue weighted by atomic mass is 9.89. The Morgan fingerprint density at radius 2 is 1.73 bits per heavy atom. The van der Waals surface area contributed by atoms with Crippen LogP contribution in [0.3, 0.4) is 0 Å². The summed E-state index contributed by atoms with van der Waals surface area (Å²) >= 11 is 0. The Morgan fingerprint density at radius 3 is 2.33 bits per heavy atom. The number of nitrogens with zero attached hydrogens (tertiary/aromatic N) is 1. The highest BCUT2D eigenvalue weighted by molar-refractivity contribution is 7.86. The van der Waals surface area contributed by atoms with Crippen LogP contribution in [0.25, 0.3) is 5.57 Å². The molecular formula is C24H26N2O3S. The van der Waals surface area contributed by atoms with Gasteiger partial charge in [0, 0.05) is 24.3 Å². The molecule has 0 fully saturated rings. The molecule has 2 aromatic rings. The number of benzene rings is 2. The Labute approximate surface area is 178 Å². The summed E-state index contributed by atoms with van der Waals surface area (Å²) in [5.41, 5.74) is 5.79. The van der Waals surface area contributed by atoms with Gasteiger partial charge in [0.25, 0.3) is 10.1 Å². The molecule has 30 heavy (non-hydrogen) atoms. The van der Waals surface area contributed by atoms with E-state index in [1.54, 1.807) is 18.2 Å². The van der Waals surface area contributed by atoms with Gasteiger partial charge in [-0.05, 0) is 73.4 Å². The molecule has 1 aliphatic carbocycles. The van der Waals surface area contributed by atoms with E-state index in [9.17, 15) is 13.0 Å². The third-order valence-corrected chi connectivity index (χ3v) is 5.71. The van der Waals surface area contributed by atoms with Crippen molar-refractivity contribution >= 4 is 27.1 Å². The molecule has 0 aliphatic heterocycles. The van der Waals surface area contributed by atoms with Gasteiger partial charge < -0.3 is 5.32 Å². The Morgan fingerprint density at radius 1 is 1.03 bits per heavy atom. The highest BCUT2D eigenvalue weighted by Gasteiger charge is 2.21. The molecule has 0 aromatic heterocycles.